The Balaban J connectivity index is 0.00000117. The van der Waals surface area contributed by atoms with Crippen LogP contribution < -0.4 is 4.90 Å². The van der Waals surface area contributed by atoms with Gasteiger partial charge in [-0.25, -0.2) is 0 Å². The minimum atomic E-state index is 0.599. The molecule has 1 aliphatic carbocycles. The van der Waals surface area contributed by atoms with E-state index in [9.17, 15) is 0 Å². The molecule has 0 atom stereocenters. The number of benzene rings is 2. The fraction of sp³-hybridized carbons (Fsp3) is 0.346. The fourth-order valence-electron chi connectivity index (χ4n) is 4.11. The van der Waals surface area contributed by atoms with Crippen molar-refractivity contribution in [3.8, 4) is 10.6 Å². The van der Waals surface area contributed by atoms with E-state index in [1.165, 1.54) is 18.4 Å². The lowest BCUT2D eigenvalue weighted by Crippen LogP contribution is -2.13. The van der Waals surface area contributed by atoms with E-state index in [0.717, 1.165) is 50.8 Å². The van der Waals surface area contributed by atoms with Gasteiger partial charge in [0.25, 0.3) is 5.78 Å². The van der Waals surface area contributed by atoms with Crippen LogP contribution in [0.15, 0.2) is 48.8 Å². The number of hydrogen-bond acceptors (Lipinski definition) is 7. The lowest BCUT2D eigenvalue weighted by atomic mass is 10.1. The SMILES string of the molecule is CC.CCCc1ccc2c(N(C)c3cccc(-c4nnc(C5CC5)s4)c3)nc3nncn3c2c1. The van der Waals surface area contributed by atoms with Gasteiger partial charge in [0, 0.05) is 29.6 Å². The highest BCUT2D eigenvalue weighted by Crippen LogP contribution is 2.43. The van der Waals surface area contributed by atoms with Crippen molar-refractivity contribution < 1.29 is 0 Å². The van der Waals surface area contributed by atoms with Crippen LogP contribution in [0.1, 0.15) is 56.5 Å². The first-order valence-electron chi connectivity index (χ1n) is 12.0. The van der Waals surface area contributed by atoms with Gasteiger partial charge in [-0.2, -0.15) is 4.98 Å². The van der Waals surface area contributed by atoms with Crippen molar-refractivity contribution in [3.63, 3.8) is 0 Å². The van der Waals surface area contributed by atoms with Crippen molar-refractivity contribution in [2.45, 2.75) is 52.4 Å². The number of anilines is 2. The van der Waals surface area contributed by atoms with Crippen molar-refractivity contribution in [2.75, 3.05) is 11.9 Å². The van der Waals surface area contributed by atoms with Crippen molar-refractivity contribution in [2.24, 2.45) is 0 Å². The highest BCUT2D eigenvalue weighted by molar-refractivity contribution is 7.14. The molecule has 7 nitrogen and oxygen atoms in total. The van der Waals surface area contributed by atoms with Gasteiger partial charge in [0.05, 0.1) is 5.52 Å². The van der Waals surface area contributed by atoms with Gasteiger partial charge in [-0.3, -0.25) is 4.40 Å². The molecule has 1 saturated carbocycles. The van der Waals surface area contributed by atoms with Gasteiger partial charge in [-0.05, 0) is 49.1 Å². The second-order valence-corrected chi connectivity index (χ2v) is 9.38. The number of fused-ring (bicyclic) bond motifs is 3. The monoisotopic (exact) mass is 471 g/mol. The third-order valence-corrected chi connectivity index (χ3v) is 7.14. The zero-order valence-corrected chi connectivity index (χ0v) is 20.9. The Morgan fingerprint density at radius 2 is 1.91 bits per heavy atom. The quantitative estimate of drug-likeness (QED) is 0.284. The maximum absolute atomic E-state index is 4.84. The Morgan fingerprint density at radius 1 is 1.06 bits per heavy atom. The zero-order chi connectivity index (χ0) is 23.7. The number of rotatable bonds is 6. The van der Waals surface area contributed by atoms with Crippen LogP contribution in [-0.2, 0) is 6.42 Å². The summed E-state index contributed by atoms with van der Waals surface area (Å²) in [6.45, 7) is 6.20. The topological polar surface area (TPSA) is 72.1 Å². The maximum atomic E-state index is 4.84. The van der Waals surface area contributed by atoms with E-state index in [-0.39, 0.29) is 0 Å². The molecule has 0 amide bonds. The minimum absolute atomic E-state index is 0.599. The summed E-state index contributed by atoms with van der Waals surface area (Å²) in [4.78, 5) is 6.96. The zero-order valence-electron chi connectivity index (χ0n) is 20.1. The van der Waals surface area contributed by atoms with Gasteiger partial charge in [-0.1, -0.05) is 56.7 Å². The van der Waals surface area contributed by atoms with Crippen LogP contribution in [0.25, 0.3) is 27.3 Å². The van der Waals surface area contributed by atoms with Crippen molar-refractivity contribution >= 4 is 39.5 Å². The molecule has 1 aliphatic rings. The molecule has 0 spiro atoms. The average Bonchev–Trinajstić information content (AvgIpc) is 3.41. The summed E-state index contributed by atoms with van der Waals surface area (Å²) < 4.78 is 1.96. The minimum Gasteiger partial charge on any atom is -0.329 e. The van der Waals surface area contributed by atoms with Crippen LogP contribution in [0.3, 0.4) is 0 Å². The lowest BCUT2D eigenvalue weighted by molar-refractivity contribution is 0.922. The fourth-order valence-corrected chi connectivity index (χ4v) is 5.12. The third kappa shape index (κ3) is 4.14. The second kappa shape index (κ2) is 9.46. The Labute approximate surface area is 203 Å². The average molecular weight is 472 g/mol. The molecular formula is C26H29N7S. The first-order valence-corrected chi connectivity index (χ1v) is 12.8. The van der Waals surface area contributed by atoms with Crippen molar-refractivity contribution in [3.05, 3.63) is 59.4 Å². The molecule has 0 saturated heterocycles. The largest absolute Gasteiger partial charge is 0.329 e. The summed E-state index contributed by atoms with van der Waals surface area (Å²) in [5.41, 5.74) is 4.50. The summed E-state index contributed by atoms with van der Waals surface area (Å²) in [6.07, 6.45) is 6.36. The Hall–Kier alpha value is -3.39. The standard InChI is InChI=1S/C24H23N7S.C2H6/c1-3-5-15-8-11-19-20(12-15)31-14-25-29-24(31)26-21(19)30(2)18-7-4-6-17(13-18)23-28-27-22(32-23)16-9-10-16;1-2/h4,6-8,11-14,16H,3,5,9-10H2,1-2H3;1-2H3. The molecule has 8 heteroatoms. The van der Waals surface area contributed by atoms with Gasteiger partial charge >= 0.3 is 0 Å². The molecule has 6 rings (SSSR count). The van der Waals surface area contributed by atoms with E-state index in [1.54, 1.807) is 17.7 Å². The molecule has 3 aromatic heterocycles. The molecule has 0 bridgehead atoms. The Bertz CT molecular complexity index is 1430. The van der Waals surface area contributed by atoms with E-state index in [4.69, 9.17) is 4.98 Å². The number of aryl methyl sites for hydroxylation is 1. The molecule has 2 aromatic carbocycles. The molecule has 5 aromatic rings. The Kier molecular flexibility index (Phi) is 6.24. The van der Waals surface area contributed by atoms with Crippen LogP contribution in [0.2, 0.25) is 0 Å². The van der Waals surface area contributed by atoms with Crippen LogP contribution in [0.4, 0.5) is 11.5 Å². The van der Waals surface area contributed by atoms with E-state index >= 15 is 0 Å². The summed E-state index contributed by atoms with van der Waals surface area (Å²) in [5, 5.41) is 20.4. The normalized spacial score (nSPS) is 13.2. The molecular weight excluding hydrogens is 442 g/mol. The smallest absolute Gasteiger partial charge is 0.257 e. The predicted octanol–water partition coefficient (Wildman–Crippen LogP) is 6.42. The van der Waals surface area contributed by atoms with Crippen molar-refractivity contribution in [1.82, 2.24) is 29.8 Å². The van der Waals surface area contributed by atoms with Crippen molar-refractivity contribution in [1.29, 1.82) is 0 Å². The van der Waals surface area contributed by atoms with E-state index in [0.29, 0.717) is 11.7 Å². The molecule has 174 valence electrons. The molecule has 3 heterocycles. The van der Waals surface area contributed by atoms with Crippen LogP contribution in [0, 0.1) is 0 Å². The van der Waals surface area contributed by atoms with Crippen LogP contribution in [0.5, 0.6) is 0 Å². The maximum Gasteiger partial charge on any atom is 0.257 e. The summed E-state index contributed by atoms with van der Waals surface area (Å²) >= 11 is 1.71. The molecule has 0 N–H and O–H groups in total. The first kappa shape index (κ1) is 22.4. The second-order valence-electron chi connectivity index (χ2n) is 8.37. The first-order chi connectivity index (χ1) is 16.7. The highest BCUT2D eigenvalue weighted by Gasteiger charge is 2.27. The Morgan fingerprint density at radius 3 is 2.71 bits per heavy atom. The predicted molar refractivity (Wildman–Crippen MR) is 139 cm³/mol. The summed E-state index contributed by atoms with van der Waals surface area (Å²) in [5.74, 6) is 2.08. The van der Waals surface area contributed by atoms with Gasteiger partial charge in [-0.15, -0.1) is 20.4 Å². The van der Waals surface area contributed by atoms with Crippen LogP contribution >= 0.6 is 11.3 Å². The molecule has 34 heavy (non-hydrogen) atoms. The summed E-state index contributed by atoms with van der Waals surface area (Å²) in [6, 6.07) is 15.0. The van der Waals surface area contributed by atoms with Gasteiger partial charge < -0.3 is 4.90 Å². The third-order valence-electron chi connectivity index (χ3n) is 6.00. The molecule has 0 aliphatic heterocycles. The summed E-state index contributed by atoms with van der Waals surface area (Å²) in [7, 11) is 2.05. The molecule has 0 unspecified atom stereocenters. The molecule has 1 fully saturated rings. The number of nitrogens with zero attached hydrogens (tertiary/aromatic N) is 7. The van der Waals surface area contributed by atoms with Gasteiger partial charge in [0.2, 0.25) is 0 Å². The van der Waals surface area contributed by atoms with Gasteiger partial charge in [0.15, 0.2) is 0 Å². The highest BCUT2D eigenvalue weighted by atomic mass is 32.1. The van der Waals surface area contributed by atoms with E-state index in [1.807, 2.05) is 25.3 Å². The lowest BCUT2D eigenvalue weighted by Gasteiger charge is -2.21. The van der Waals surface area contributed by atoms with E-state index < -0.39 is 0 Å². The number of hydrogen-bond donors (Lipinski definition) is 0. The molecule has 0 radical (unpaired) electrons. The number of aromatic nitrogens is 6. The van der Waals surface area contributed by atoms with Gasteiger partial charge in [0.1, 0.15) is 22.2 Å². The van der Waals surface area contributed by atoms with Crippen LogP contribution in [-0.4, -0.2) is 36.8 Å². The van der Waals surface area contributed by atoms with E-state index in [2.05, 4.69) is 74.7 Å².